The van der Waals surface area contributed by atoms with Crippen LogP contribution in [0, 0.1) is 0 Å². The number of carboxylic acid groups (broad SMARTS) is 1. The Bertz CT molecular complexity index is 4140. The Kier molecular flexibility index (Phi) is 10.7. The first-order valence-electron chi connectivity index (χ1n) is 22.0. The summed E-state index contributed by atoms with van der Waals surface area (Å²) >= 11 is 0. The van der Waals surface area contributed by atoms with Crippen molar-refractivity contribution in [1.82, 2.24) is 54.8 Å². The molecule has 6 aromatic heterocycles. The number of alkyl halides is 9. The summed E-state index contributed by atoms with van der Waals surface area (Å²) in [4.78, 5) is 58.4. The summed E-state index contributed by atoms with van der Waals surface area (Å²) in [5.41, 5.74) is -1.47. The van der Waals surface area contributed by atoms with Crippen LogP contribution in [-0.2, 0) is 18.5 Å². The second-order valence-corrected chi connectivity index (χ2v) is 16.7. The second-order valence-electron chi connectivity index (χ2n) is 16.7. The van der Waals surface area contributed by atoms with E-state index in [-0.39, 0.29) is 85.9 Å². The third kappa shape index (κ3) is 8.77. The molecule has 0 amide bonds. The Morgan fingerprint density at radius 2 is 0.724 bits per heavy atom. The molecule has 0 spiro atoms. The van der Waals surface area contributed by atoms with Gasteiger partial charge in [-0.15, -0.1) is 0 Å². The maximum Gasteiger partial charge on any atom is 0.433 e. The van der Waals surface area contributed by atoms with Crippen molar-refractivity contribution >= 4 is 50.1 Å². The Morgan fingerprint density at radius 3 is 1.11 bits per heavy atom. The normalized spacial score (nSPS) is 12.4. The van der Waals surface area contributed by atoms with Gasteiger partial charge in [0.05, 0.1) is 24.2 Å². The van der Waals surface area contributed by atoms with E-state index in [4.69, 9.17) is 44.1 Å². The number of pyridine rings is 3. The Labute approximate surface area is 416 Å². The monoisotopic (exact) mass is 1040 g/mol. The summed E-state index contributed by atoms with van der Waals surface area (Å²) in [6.07, 6.45) is -11.3. The number of nitrogens with one attached hydrogen (secondary N) is 2. The zero-order chi connectivity index (χ0) is 52.8. The summed E-state index contributed by atoms with van der Waals surface area (Å²) < 4.78 is 138. The van der Waals surface area contributed by atoms with Crippen LogP contribution in [0.5, 0.6) is 34.5 Å². The standard InChI is InChI=1S/C51H24F9N11O5/c52-49(53,54)37-12-5-26(19-61-37)74-23-2-9-30-34(16-23)46-67-41(30)65-44-33-15-22(48(72)73)1-8-29(33)40(64-44)66-45-35-17-24(75-27-6-13-38(62-20-27)50(55,56)57)3-10-31(35)42(68-45)70-47-36-18-25(4-11-32(36)43(69-46)71-47)76-28-7-14-39(63-21-28)51(58,59)60/h1-21H,(H,72,73)(H2,64,65,66,67,68,69,70,71). The number of carboxylic acids is 1. The number of fused-ring (bicyclic) bond motifs is 20. The van der Waals surface area contributed by atoms with Crippen LogP contribution >= 0.6 is 0 Å². The third-order valence-corrected chi connectivity index (χ3v) is 11.8. The van der Waals surface area contributed by atoms with E-state index >= 15 is 0 Å². The number of H-pyrrole nitrogens is 2. The van der Waals surface area contributed by atoms with Gasteiger partial charge in [-0.05, 0) is 109 Å². The molecular weight excluding hydrogens is 1020 g/mol. The highest BCUT2D eigenvalue weighted by molar-refractivity contribution is 6.08. The van der Waals surface area contributed by atoms with Crippen LogP contribution in [0.3, 0.4) is 0 Å². The molecule has 376 valence electrons. The van der Waals surface area contributed by atoms with Gasteiger partial charge in [-0.2, -0.15) is 39.5 Å². The van der Waals surface area contributed by atoms with Crippen LogP contribution in [0.1, 0.15) is 27.4 Å². The average molecular weight is 1040 g/mol. The quantitative estimate of drug-likeness (QED) is 0.127. The number of hydrogen-bond donors (Lipinski definition) is 3. The second kappa shape index (κ2) is 17.3. The molecule has 3 N–H and O–H groups in total. The molecule has 8 heterocycles. The maximum absolute atomic E-state index is 13.3. The minimum Gasteiger partial charge on any atom is -0.478 e. The number of benzene rings is 4. The smallest absolute Gasteiger partial charge is 0.433 e. The van der Waals surface area contributed by atoms with Gasteiger partial charge in [-0.25, -0.2) is 49.7 Å². The van der Waals surface area contributed by atoms with E-state index in [1.54, 1.807) is 24.3 Å². The number of rotatable bonds is 7. The van der Waals surface area contributed by atoms with Crippen LogP contribution in [0.15, 0.2) is 128 Å². The van der Waals surface area contributed by atoms with Gasteiger partial charge in [0, 0.05) is 43.8 Å². The number of ether oxygens (including phenoxy) is 3. The molecule has 8 bridgehead atoms. The van der Waals surface area contributed by atoms with Crippen LogP contribution < -0.4 is 14.2 Å². The lowest BCUT2D eigenvalue weighted by atomic mass is 10.1. The zero-order valence-electron chi connectivity index (χ0n) is 37.6. The van der Waals surface area contributed by atoms with Crippen LogP contribution in [0.25, 0.3) is 89.7 Å². The van der Waals surface area contributed by atoms with Crippen LogP contribution in [0.2, 0.25) is 0 Å². The first-order valence-corrected chi connectivity index (χ1v) is 22.0. The predicted octanol–water partition coefficient (Wildman–Crippen LogP) is 13.2. The Balaban J connectivity index is 1.08. The van der Waals surface area contributed by atoms with Crippen LogP contribution in [0.4, 0.5) is 39.5 Å². The molecule has 12 rings (SSSR count). The lowest BCUT2D eigenvalue weighted by Gasteiger charge is -2.09. The largest absolute Gasteiger partial charge is 0.478 e. The van der Waals surface area contributed by atoms with E-state index in [0.717, 1.165) is 55.0 Å². The molecular formula is C51H24F9N11O5. The van der Waals surface area contributed by atoms with Gasteiger partial charge in [-0.3, -0.25) is 0 Å². The van der Waals surface area contributed by atoms with Crippen molar-refractivity contribution in [2.75, 3.05) is 0 Å². The van der Waals surface area contributed by atoms with Gasteiger partial charge in [0.2, 0.25) is 0 Å². The van der Waals surface area contributed by atoms with E-state index in [1.807, 2.05) is 0 Å². The van der Waals surface area contributed by atoms with E-state index in [0.29, 0.717) is 43.8 Å². The molecule has 76 heavy (non-hydrogen) atoms. The molecule has 0 atom stereocenters. The molecule has 10 aromatic rings. The van der Waals surface area contributed by atoms with Crippen molar-refractivity contribution in [2.45, 2.75) is 18.5 Å². The summed E-state index contributed by atoms with van der Waals surface area (Å²) in [5, 5.41) is 11.5. The predicted molar refractivity (Wildman–Crippen MR) is 251 cm³/mol. The minimum atomic E-state index is -4.69. The number of aromatic nitrogens is 11. The number of carbonyl (C=O) groups is 1. The van der Waals surface area contributed by atoms with Gasteiger partial charge in [-0.1, -0.05) is 0 Å². The van der Waals surface area contributed by atoms with Crippen LogP contribution in [-0.4, -0.2) is 65.9 Å². The molecule has 0 fully saturated rings. The fraction of sp³-hybridized carbons (Fsp3) is 0.0588. The van der Waals surface area contributed by atoms with Gasteiger partial charge >= 0.3 is 24.5 Å². The number of aromatic amines is 2. The van der Waals surface area contributed by atoms with Gasteiger partial charge in [0.25, 0.3) is 0 Å². The average Bonchev–Trinajstić information content (AvgIpc) is 4.11. The third-order valence-electron chi connectivity index (χ3n) is 11.8. The van der Waals surface area contributed by atoms with Crippen molar-refractivity contribution in [3.05, 3.63) is 150 Å². The summed E-state index contributed by atoms with van der Waals surface area (Å²) in [5.74, 6) is -0.627. The first-order chi connectivity index (χ1) is 36.3. The fourth-order valence-electron chi connectivity index (χ4n) is 8.29. The van der Waals surface area contributed by atoms with Gasteiger partial charge in [0.1, 0.15) is 74.2 Å². The fourth-order valence-corrected chi connectivity index (χ4v) is 8.29. The van der Waals surface area contributed by atoms with E-state index in [2.05, 4.69) is 24.9 Å². The molecule has 0 radical (unpaired) electrons. The number of halogens is 9. The highest BCUT2D eigenvalue weighted by Gasteiger charge is 2.34. The highest BCUT2D eigenvalue weighted by Crippen LogP contribution is 2.42. The molecule has 0 saturated carbocycles. The van der Waals surface area contributed by atoms with Crippen molar-refractivity contribution in [1.29, 1.82) is 0 Å². The van der Waals surface area contributed by atoms with Gasteiger partial charge < -0.3 is 29.3 Å². The molecule has 0 saturated heterocycles. The molecule has 25 heteroatoms. The molecule has 2 aliphatic rings. The first kappa shape index (κ1) is 47.0. The van der Waals surface area contributed by atoms with Gasteiger partial charge in [0.15, 0.2) is 23.3 Å². The number of nitrogens with zero attached hydrogens (tertiary/aromatic N) is 9. The Morgan fingerprint density at radius 1 is 0.382 bits per heavy atom. The molecule has 16 nitrogen and oxygen atoms in total. The van der Waals surface area contributed by atoms with E-state index in [1.165, 1.54) is 48.5 Å². The van der Waals surface area contributed by atoms with Crippen molar-refractivity contribution in [3.63, 3.8) is 0 Å². The van der Waals surface area contributed by atoms with Crippen molar-refractivity contribution in [3.8, 4) is 80.0 Å². The summed E-state index contributed by atoms with van der Waals surface area (Å²) in [6, 6.07) is 23.9. The SMILES string of the molecule is O=C(O)c1ccc2c3nc4nc(nc5[nH]c(nc6nc(nc([nH]3)c2c1)-c1ccc(Oc2ccc(C(F)(F)F)nc2)cc1-6)c1ccc(Oc2ccc(C(F)(F)F)nc2)cc51)-c1ccc(Oc2ccc(C(F)(F)F)nc2)cc1-4. The van der Waals surface area contributed by atoms with Crippen molar-refractivity contribution < 1.29 is 63.6 Å². The lowest BCUT2D eigenvalue weighted by Crippen LogP contribution is -2.07. The molecule has 4 aromatic carbocycles. The number of aromatic carboxylic acids is 1. The number of hydrogen-bond acceptors (Lipinski definition) is 13. The Hall–Kier alpha value is -10.1. The topological polar surface area (TPSA) is 213 Å². The summed E-state index contributed by atoms with van der Waals surface area (Å²) in [7, 11) is 0. The molecule has 0 aliphatic carbocycles. The van der Waals surface area contributed by atoms with E-state index in [9.17, 15) is 49.4 Å². The summed E-state index contributed by atoms with van der Waals surface area (Å²) in [6.45, 7) is 0. The van der Waals surface area contributed by atoms with Crippen molar-refractivity contribution in [2.24, 2.45) is 0 Å². The molecule has 0 unspecified atom stereocenters. The van der Waals surface area contributed by atoms with E-state index < -0.39 is 41.6 Å². The minimum absolute atomic E-state index is 0.0206. The molecule has 2 aliphatic heterocycles. The zero-order valence-corrected chi connectivity index (χ0v) is 37.6. The highest BCUT2D eigenvalue weighted by atomic mass is 19.4. The maximum atomic E-state index is 13.3. The lowest BCUT2D eigenvalue weighted by molar-refractivity contribution is -0.142.